The van der Waals surface area contributed by atoms with Crippen LogP contribution in [0, 0.1) is 5.92 Å². The van der Waals surface area contributed by atoms with Crippen molar-refractivity contribution in [3.63, 3.8) is 0 Å². The molecule has 0 rings (SSSR count). The van der Waals surface area contributed by atoms with Gasteiger partial charge in [0.1, 0.15) is 0 Å². The number of allylic oxidation sites excluding steroid dienone is 3. The summed E-state index contributed by atoms with van der Waals surface area (Å²) in [4.78, 5) is 11.6. The molecule has 224 valence electrons. The van der Waals surface area contributed by atoms with Gasteiger partial charge < -0.3 is 5.11 Å². The van der Waals surface area contributed by atoms with Crippen molar-refractivity contribution in [3.05, 3.63) is 24.3 Å². The lowest BCUT2D eigenvalue weighted by molar-refractivity contribution is -0.140. The summed E-state index contributed by atoms with van der Waals surface area (Å²) in [5, 5.41) is 9.54. The summed E-state index contributed by atoms with van der Waals surface area (Å²) < 4.78 is 0. The topological polar surface area (TPSA) is 37.3 Å². The lowest BCUT2D eigenvalue weighted by Gasteiger charge is -2.07. The fourth-order valence-corrected chi connectivity index (χ4v) is 5.28. The van der Waals surface area contributed by atoms with Gasteiger partial charge in [0.25, 0.3) is 0 Å². The third kappa shape index (κ3) is 29.5. The molecule has 0 aromatic heterocycles. The fourth-order valence-electron chi connectivity index (χ4n) is 5.28. The van der Waals surface area contributed by atoms with E-state index in [0.29, 0.717) is 0 Å². The first-order valence-electron chi connectivity index (χ1n) is 17.3. The molecule has 0 aliphatic carbocycles. The van der Waals surface area contributed by atoms with Gasteiger partial charge in [-0.2, -0.15) is 0 Å². The summed E-state index contributed by atoms with van der Waals surface area (Å²) in [7, 11) is 0. The van der Waals surface area contributed by atoms with Crippen LogP contribution in [0.3, 0.4) is 0 Å². The van der Waals surface area contributed by atoms with Gasteiger partial charge in [-0.25, -0.2) is 0 Å². The molecule has 1 N–H and O–H groups in total. The van der Waals surface area contributed by atoms with Gasteiger partial charge in [0.05, 0.1) is 5.92 Å². The van der Waals surface area contributed by atoms with Gasteiger partial charge in [-0.15, -0.1) is 0 Å². The molecule has 0 spiro atoms. The van der Waals surface area contributed by atoms with Crippen molar-refractivity contribution in [3.8, 4) is 0 Å². The van der Waals surface area contributed by atoms with E-state index >= 15 is 0 Å². The van der Waals surface area contributed by atoms with Gasteiger partial charge >= 0.3 is 5.97 Å². The number of hydrogen-bond donors (Lipinski definition) is 1. The van der Waals surface area contributed by atoms with Crippen molar-refractivity contribution in [2.24, 2.45) is 5.92 Å². The number of carbonyl (C=O) groups is 1. The van der Waals surface area contributed by atoms with E-state index in [9.17, 15) is 9.90 Å². The molecule has 0 aromatic rings. The average molecular weight is 533 g/mol. The number of carboxylic acid groups (broad SMARTS) is 1. The maximum Gasteiger partial charge on any atom is 0.310 e. The van der Waals surface area contributed by atoms with Gasteiger partial charge in [0.2, 0.25) is 0 Å². The first kappa shape index (κ1) is 37.0. The molecule has 2 nitrogen and oxygen atoms in total. The van der Waals surface area contributed by atoms with Crippen molar-refractivity contribution >= 4 is 5.97 Å². The second-order valence-corrected chi connectivity index (χ2v) is 11.8. The summed E-state index contributed by atoms with van der Waals surface area (Å²) in [5.41, 5.74) is 0. The summed E-state index contributed by atoms with van der Waals surface area (Å²) in [5.74, 6) is -0.946. The predicted molar refractivity (Wildman–Crippen MR) is 170 cm³/mol. The molecule has 1 unspecified atom stereocenters. The summed E-state index contributed by atoms with van der Waals surface area (Å²) in [6, 6.07) is 0. The minimum Gasteiger partial charge on any atom is -0.481 e. The lowest BCUT2D eigenvalue weighted by atomic mass is 9.99. The Balaban J connectivity index is 3.52. The van der Waals surface area contributed by atoms with E-state index in [0.717, 1.165) is 25.7 Å². The van der Waals surface area contributed by atoms with E-state index in [2.05, 4.69) is 32.1 Å². The highest BCUT2D eigenvalue weighted by Gasteiger charge is 2.12. The Labute approximate surface area is 239 Å². The van der Waals surface area contributed by atoms with Crippen LogP contribution in [-0.2, 0) is 4.79 Å². The molecular formula is C36H68O2. The molecule has 38 heavy (non-hydrogen) atoms. The van der Waals surface area contributed by atoms with E-state index in [1.165, 1.54) is 154 Å². The molecule has 0 amide bonds. The molecule has 0 fully saturated rings. The van der Waals surface area contributed by atoms with Crippen LogP contribution in [0.4, 0.5) is 0 Å². The molecule has 0 aliphatic rings. The Morgan fingerprint density at radius 2 is 0.789 bits per heavy atom. The zero-order chi connectivity index (χ0) is 27.8. The van der Waals surface area contributed by atoms with Crippen LogP contribution in [0.2, 0.25) is 0 Å². The van der Waals surface area contributed by atoms with E-state index < -0.39 is 5.97 Å². The maximum absolute atomic E-state index is 11.6. The van der Waals surface area contributed by atoms with E-state index in [1.807, 2.05) is 6.08 Å². The second-order valence-electron chi connectivity index (χ2n) is 11.8. The van der Waals surface area contributed by atoms with Gasteiger partial charge in [-0.3, -0.25) is 4.79 Å². The minimum atomic E-state index is -0.653. The minimum absolute atomic E-state index is 0.293. The number of aliphatic carboxylic acids is 1. The number of rotatable bonds is 31. The van der Waals surface area contributed by atoms with Crippen LogP contribution >= 0.6 is 0 Å². The van der Waals surface area contributed by atoms with Gasteiger partial charge in [0.15, 0.2) is 0 Å². The Morgan fingerprint density at radius 3 is 1.16 bits per heavy atom. The van der Waals surface area contributed by atoms with Crippen molar-refractivity contribution in [1.29, 1.82) is 0 Å². The van der Waals surface area contributed by atoms with Crippen molar-refractivity contribution < 1.29 is 9.90 Å². The molecule has 0 aliphatic heterocycles. The highest BCUT2D eigenvalue weighted by atomic mass is 16.4. The van der Waals surface area contributed by atoms with Crippen LogP contribution in [0.15, 0.2) is 24.3 Å². The highest BCUT2D eigenvalue weighted by molar-refractivity contribution is 5.72. The standard InChI is InChI=1S/C36H68O2/c1-3-5-7-9-11-13-15-17-19-20-22-24-26-28-30-32-34-35(36(37)38)33-31-29-27-25-23-21-18-16-14-12-10-8-6-4-2/h18,21,32,34-35H,3-17,19-20,22-31,33H2,1-2H3,(H,37,38)/b21-18-,34-32+. The summed E-state index contributed by atoms with van der Waals surface area (Å²) >= 11 is 0. The Hall–Kier alpha value is -1.05. The fraction of sp³-hybridized carbons (Fsp3) is 0.861. The normalized spacial score (nSPS) is 12.7. The van der Waals surface area contributed by atoms with Crippen LogP contribution in [0.5, 0.6) is 0 Å². The smallest absolute Gasteiger partial charge is 0.310 e. The molecule has 0 radical (unpaired) electrons. The number of hydrogen-bond acceptors (Lipinski definition) is 1. The van der Waals surface area contributed by atoms with Gasteiger partial charge in [-0.1, -0.05) is 173 Å². The second kappa shape index (κ2) is 32.2. The lowest BCUT2D eigenvalue weighted by Crippen LogP contribution is -2.10. The third-order valence-electron chi connectivity index (χ3n) is 7.94. The van der Waals surface area contributed by atoms with E-state index in [1.54, 1.807) is 0 Å². The molecule has 1 atom stereocenters. The monoisotopic (exact) mass is 533 g/mol. The van der Waals surface area contributed by atoms with Crippen LogP contribution in [-0.4, -0.2) is 11.1 Å². The first-order chi connectivity index (χ1) is 18.7. The molecule has 0 aromatic carbocycles. The van der Waals surface area contributed by atoms with Crippen LogP contribution in [0.1, 0.15) is 194 Å². The van der Waals surface area contributed by atoms with Crippen molar-refractivity contribution in [2.45, 2.75) is 194 Å². The zero-order valence-corrected chi connectivity index (χ0v) is 26.0. The van der Waals surface area contributed by atoms with E-state index in [4.69, 9.17) is 0 Å². The maximum atomic E-state index is 11.6. The summed E-state index contributed by atoms with van der Waals surface area (Å²) in [6.45, 7) is 4.55. The summed E-state index contributed by atoms with van der Waals surface area (Å²) in [6.07, 6.45) is 45.3. The SMILES string of the molecule is CCCCCCCC/C=C\CCCCCCC(/C=C/CCCCCCCCCCCCCCCC)C(=O)O. The molecule has 2 heteroatoms. The van der Waals surface area contributed by atoms with Crippen molar-refractivity contribution in [1.82, 2.24) is 0 Å². The van der Waals surface area contributed by atoms with Crippen LogP contribution < -0.4 is 0 Å². The Bertz CT molecular complexity index is 521. The Kier molecular flexibility index (Phi) is 31.3. The Morgan fingerprint density at radius 1 is 0.474 bits per heavy atom. The number of unbranched alkanes of at least 4 members (excludes halogenated alkanes) is 24. The largest absolute Gasteiger partial charge is 0.481 e. The zero-order valence-electron chi connectivity index (χ0n) is 26.0. The molecular weight excluding hydrogens is 464 g/mol. The average Bonchev–Trinajstić information content (AvgIpc) is 2.91. The van der Waals surface area contributed by atoms with Gasteiger partial charge in [0, 0.05) is 0 Å². The number of carboxylic acids is 1. The molecule has 0 saturated heterocycles. The predicted octanol–water partition coefficient (Wildman–Crippen LogP) is 12.8. The van der Waals surface area contributed by atoms with Crippen molar-refractivity contribution in [2.75, 3.05) is 0 Å². The van der Waals surface area contributed by atoms with Crippen LogP contribution in [0.25, 0.3) is 0 Å². The third-order valence-corrected chi connectivity index (χ3v) is 7.94. The quantitative estimate of drug-likeness (QED) is 0.0712. The molecule has 0 heterocycles. The molecule has 0 saturated carbocycles. The van der Waals surface area contributed by atoms with Gasteiger partial charge in [-0.05, 0) is 44.9 Å². The van der Waals surface area contributed by atoms with E-state index in [-0.39, 0.29) is 5.92 Å². The highest BCUT2D eigenvalue weighted by Crippen LogP contribution is 2.16. The first-order valence-corrected chi connectivity index (χ1v) is 17.3. The molecule has 0 bridgehead atoms.